The molecule has 2 unspecified atom stereocenters. The zero-order valence-corrected chi connectivity index (χ0v) is 13.5. The largest absolute Gasteiger partial charge is 0.393 e. The van der Waals surface area contributed by atoms with Crippen LogP contribution >= 0.6 is 11.3 Å². The van der Waals surface area contributed by atoms with Crippen LogP contribution in [0.15, 0.2) is 12.1 Å². The number of hydrogen-bond acceptors (Lipinski definition) is 4. The Morgan fingerprint density at radius 1 is 1.43 bits per heavy atom. The molecule has 116 valence electrons. The smallest absolute Gasteiger partial charge is 0.223 e. The van der Waals surface area contributed by atoms with Gasteiger partial charge >= 0.3 is 0 Å². The van der Waals surface area contributed by atoms with E-state index >= 15 is 0 Å². The lowest BCUT2D eigenvalue weighted by molar-refractivity contribution is -0.133. The molecule has 0 aliphatic carbocycles. The number of Topliss-reactive ketones (excluding diaryl/α,β-unsaturated/α-hetero) is 1. The molecule has 0 aromatic carbocycles. The molecular formula is C16H23NO3S. The van der Waals surface area contributed by atoms with Gasteiger partial charge in [-0.2, -0.15) is 0 Å². The first-order chi connectivity index (χ1) is 9.97. The van der Waals surface area contributed by atoms with Gasteiger partial charge < -0.3 is 10.0 Å². The minimum Gasteiger partial charge on any atom is -0.393 e. The summed E-state index contributed by atoms with van der Waals surface area (Å²) >= 11 is 1.48. The molecule has 0 radical (unpaired) electrons. The quantitative estimate of drug-likeness (QED) is 0.851. The molecule has 0 bridgehead atoms. The van der Waals surface area contributed by atoms with E-state index in [1.165, 1.54) is 11.3 Å². The zero-order chi connectivity index (χ0) is 15.4. The summed E-state index contributed by atoms with van der Waals surface area (Å²) in [5, 5.41) is 9.66. The summed E-state index contributed by atoms with van der Waals surface area (Å²) in [6.45, 7) is 5.11. The monoisotopic (exact) mass is 309 g/mol. The number of carbonyl (C=O) groups is 2. The van der Waals surface area contributed by atoms with E-state index < -0.39 is 0 Å². The number of carbonyl (C=O) groups excluding carboxylic acids is 2. The van der Waals surface area contributed by atoms with Gasteiger partial charge in [-0.15, -0.1) is 11.3 Å². The van der Waals surface area contributed by atoms with Crippen LogP contribution in [-0.4, -0.2) is 40.9 Å². The number of nitrogens with zero attached hydrogens (tertiary/aromatic N) is 1. The molecule has 5 heteroatoms. The van der Waals surface area contributed by atoms with Crippen LogP contribution in [0.25, 0.3) is 0 Å². The number of ketones is 1. The maximum absolute atomic E-state index is 12.2. The molecule has 1 aromatic rings. The summed E-state index contributed by atoms with van der Waals surface area (Å²) in [5.74, 6) is 0.242. The van der Waals surface area contributed by atoms with Crippen molar-refractivity contribution < 1.29 is 14.7 Å². The fraction of sp³-hybridized carbons (Fsp3) is 0.625. The van der Waals surface area contributed by atoms with Crippen molar-refractivity contribution >= 4 is 23.0 Å². The Bertz CT molecular complexity index is 509. The third kappa shape index (κ3) is 4.38. The van der Waals surface area contributed by atoms with Crippen molar-refractivity contribution in [2.24, 2.45) is 5.92 Å². The Labute approximate surface area is 129 Å². The molecule has 2 rings (SSSR count). The summed E-state index contributed by atoms with van der Waals surface area (Å²) in [6, 6.07) is 3.76. The predicted octanol–water partition coefficient (Wildman–Crippen LogP) is 2.64. The highest BCUT2D eigenvalue weighted by Crippen LogP contribution is 2.21. The second kappa shape index (κ2) is 7.18. The van der Waals surface area contributed by atoms with E-state index in [1.54, 1.807) is 11.8 Å². The number of rotatable bonds is 5. The highest BCUT2D eigenvalue weighted by Gasteiger charge is 2.26. The summed E-state index contributed by atoms with van der Waals surface area (Å²) in [4.78, 5) is 27.9. The number of aryl methyl sites for hydroxylation is 1. The number of amides is 1. The van der Waals surface area contributed by atoms with Gasteiger partial charge in [0.05, 0.1) is 11.0 Å². The number of aliphatic hydroxyl groups excluding tert-OH is 1. The van der Waals surface area contributed by atoms with Crippen molar-refractivity contribution in [2.75, 3.05) is 13.1 Å². The van der Waals surface area contributed by atoms with Crippen LogP contribution in [-0.2, 0) is 4.79 Å². The Morgan fingerprint density at radius 3 is 2.81 bits per heavy atom. The van der Waals surface area contributed by atoms with Crippen molar-refractivity contribution in [1.82, 2.24) is 4.90 Å². The lowest BCUT2D eigenvalue weighted by atomic mass is 9.93. The van der Waals surface area contributed by atoms with Gasteiger partial charge in [0.2, 0.25) is 5.91 Å². The van der Waals surface area contributed by atoms with Crippen molar-refractivity contribution in [3.8, 4) is 0 Å². The standard InChI is InChI=1S/C16H23NO3S/c1-11-5-7-15(21-11)14(19)6-8-16(20)17-9-3-4-13(10-17)12(2)18/h5,7,12-13,18H,3-4,6,8-10H2,1-2H3. The SMILES string of the molecule is Cc1ccc(C(=O)CCC(=O)N2CCCC(C(C)O)C2)s1. The van der Waals surface area contributed by atoms with Crippen LogP contribution < -0.4 is 0 Å². The van der Waals surface area contributed by atoms with Gasteiger partial charge in [-0.05, 0) is 38.8 Å². The maximum Gasteiger partial charge on any atom is 0.223 e. The predicted molar refractivity (Wildman–Crippen MR) is 83.6 cm³/mol. The van der Waals surface area contributed by atoms with Crippen molar-refractivity contribution in [3.05, 3.63) is 21.9 Å². The molecule has 0 spiro atoms. The van der Waals surface area contributed by atoms with Gasteiger partial charge in [0.15, 0.2) is 5.78 Å². The van der Waals surface area contributed by atoms with E-state index in [9.17, 15) is 14.7 Å². The molecule has 2 atom stereocenters. The number of likely N-dealkylation sites (tertiary alicyclic amines) is 1. The van der Waals surface area contributed by atoms with Gasteiger partial charge in [-0.1, -0.05) is 0 Å². The lowest BCUT2D eigenvalue weighted by Gasteiger charge is -2.34. The highest BCUT2D eigenvalue weighted by atomic mass is 32.1. The van der Waals surface area contributed by atoms with Crippen molar-refractivity contribution in [2.45, 2.75) is 45.6 Å². The normalized spacial score (nSPS) is 20.3. The molecule has 1 fully saturated rings. The lowest BCUT2D eigenvalue weighted by Crippen LogP contribution is -2.43. The van der Waals surface area contributed by atoms with Crippen LogP contribution in [0.5, 0.6) is 0 Å². The van der Waals surface area contributed by atoms with Gasteiger partial charge in [-0.25, -0.2) is 0 Å². The molecule has 1 aliphatic rings. The molecule has 1 amide bonds. The summed E-state index contributed by atoms with van der Waals surface area (Å²) in [5.41, 5.74) is 0. The van der Waals surface area contributed by atoms with Gasteiger partial charge in [0.25, 0.3) is 0 Å². The van der Waals surface area contributed by atoms with Crippen LogP contribution in [0.1, 0.15) is 47.2 Å². The van der Waals surface area contributed by atoms with E-state index in [0.717, 1.165) is 29.1 Å². The first-order valence-electron chi connectivity index (χ1n) is 7.53. The molecule has 1 saturated heterocycles. The Morgan fingerprint density at radius 2 is 2.19 bits per heavy atom. The third-order valence-electron chi connectivity index (χ3n) is 4.07. The average Bonchev–Trinajstić information content (AvgIpc) is 2.91. The van der Waals surface area contributed by atoms with Crippen LogP contribution in [0.4, 0.5) is 0 Å². The van der Waals surface area contributed by atoms with E-state index in [2.05, 4.69) is 0 Å². The Kier molecular flexibility index (Phi) is 5.53. The summed E-state index contributed by atoms with van der Waals surface area (Å²) in [6.07, 6.45) is 2.06. The first-order valence-corrected chi connectivity index (χ1v) is 8.34. The fourth-order valence-corrected chi connectivity index (χ4v) is 3.55. The fourth-order valence-electron chi connectivity index (χ4n) is 2.72. The molecular weight excluding hydrogens is 286 g/mol. The summed E-state index contributed by atoms with van der Waals surface area (Å²) < 4.78 is 0. The Balaban J connectivity index is 1.82. The molecule has 21 heavy (non-hydrogen) atoms. The number of aliphatic hydroxyl groups is 1. The first kappa shape index (κ1) is 16.2. The van der Waals surface area contributed by atoms with E-state index in [-0.39, 0.29) is 36.6 Å². The van der Waals surface area contributed by atoms with E-state index in [1.807, 2.05) is 19.1 Å². The molecule has 0 saturated carbocycles. The van der Waals surface area contributed by atoms with Crippen LogP contribution in [0.2, 0.25) is 0 Å². The average molecular weight is 309 g/mol. The number of thiophene rings is 1. The maximum atomic E-state index is 12.2. The molecule has 1 aromatic heterocycles. The van der Waals surface area contributed by atoms with Crippen molar-refractivity contribution in [1.29, 1.82) is 0 Å². The number of hydrogen-bond donors (Lipinski definition) is 1. The second-order valence-corrected chi connectivity index (χ2v) is 7.10. The van der Waals surface area contributed by atoms with Gasteiger partial charge in [0.1, 0.15) is 0 Å². The van der Waals surface area contributed by atoms with Gasteiger partial charge in [-0.3, -0.25) is 9.59 Å². The van der Waals surface area contributed by atoms with Crippen molar-refractivity contribution in [3.63, 3.8) is 0 Å². The molecule has 1 aliphatic heterocycles. The molecule has 4 nitrogen and oxygen atoms in total. The molecule has 1 N–H and O–H groups in total. The second-order valence-electron chi connectivity index (χ2n) is 5.82. The minimum absolute atomic E-state index is 0.0296. The minimum atomic E-state index is -0.378. The van der Waals surface area contributed by atoms with E-state index in [4.69, 9.17) is 0 Å². The van der Waals surface area contributed by atoms with Crippen LogP contribution in [0, 0.1) is 12.8 Å². The zero-order valence-electron chi connectivity index (χ0n) is 12.7. The summed E-state index contributed by atoms with van der Waals surface area (Å²) in [7, 11) is 0. The Hall–Kier alpha value is -1.20. The number of piperidine rings is 1. The third-order valence-corrected chi connectivity index (χ3v) is 5.12. The topological polar surface area (TPSA) is 57.6 Å². The molecule has 2 heterocycles. The highest BCUT2D eigenvalue weighted by molar-refractivity contribution is 7.14. The van der Waals surface area contributed by atoms with Crippen LogP contribution in [0.3, 0.4) is 0 Å². The van der Waals surface area contributed by atoms with E-state index in [0.29, 0.717) is 6.54 Å². The van der Waals surface area contributed by atoms with Gasteiger partial charge in [0, 0.05) is 36.7 Å².